The van der Waals surface area contributed by atoms with Crippen molar-refractivity contribution in [1.29, 1.82) is 0 Å². The molecule has 12 heteroatoms. The number of carbonyl (C=O) groups excluding carboxylic acids is 1. The highest BCUT2D eigenvalue weighted by Crippen LogP contribution is 2.21. The fourth-order valence-electron chi connectivity index (χ4n) is 3.95. The van der Waals surface area contributed by atoms with Gasteiger partial charge in [-0.1, -0.05) is 29.8 Å². The van der Waals surface area contributed by atoms with Crippen LogP contribution < -0.4 is 16.3 Å². The summed E-state index contributed by atoms with van der Waals surface area (Å²) in [5.74, 6) is -0.597. The first-order valence-electron chi connectivity index (χ1n) is 11.0. The lowest BCUT2D eigenvalue weighted by Crippen LogP contribution is -2.20. The van der Waals surface area contributed by atoms with Gasteiger partial charge in [0, 0.05) is 17.2 Å². The third-order valence-electron chi connectivity index (χ3n) is 5.61. The zero-order chi connectivity index (χ0) is 25.7. The highest BCUT2D eigenvalue weighted by atomic mass is 35.5. The summed E-state index contributed by atoms with van der Waals surface area (Å²) in [6, 6.07) is 16.3. The Bertz CT molecular complexity index is 1970. The van der Waals surface area contributed by atoms with E-state index in [1.54, 1.807) is 61.5 Å². The quantitative estimate of drug-likeness (QED) is 0.367. The van der Waals surface area contributed by atoms with E-state index < -0.39 is 11.5 Å². The Balaban J connectivity index is 1.42. The van der Waals surface area contributed by atoms with Gasteiger partial charge in [-0.25, -0.2) is 4.68 Å². The summed E-state index contributed by atoms with van der Waals surface area (Å²) in [6.07, 6.45) is 1.41. The van der Waals surface area contributed by atoms with Crippen LogP contribution in [0.25, 0.3) is 33.6 Å². The standard InChI is InChI=1S/C25H16ClN7O4/c1-13-9-21(28-24(36)20-11-18(34)16-7-2-3-8-19(16)37-20)33(31-13)25-29-22-17(23(35)30-25)12-27-32(22)15-6-4-5-14(26)10-15/h2-12H,1H3,(H,28,36)(H,29,30,35). The van der Waals surface area contributed by atoms with E-state index >= 15 is 0 Å². The monoisotopic (exact) mass is 513 g/mol. The van der Waals surface area contributed by atoms with Crippen LogP contribution in [0.1, 0.15) is 16.2 Å². The number of nitrogens with zero attached hydrogens (tertiary/aromatic N) is 5. The maximum Gasteiger partial charge on any atom is 0.292 e. The van der Waals surface area contributed by atoms with Crippen LogP contribution in [-0.2, 0) is 0 Å². The Morgan fingerprint density at radius 2 is 1.86 bits per heavy atom. The molecular formula is C25H16ClN7O4. The number of halogens is 1. The van der Waals surface area contributed by atoms with Gasteiger partial charge in [0.15, 0.2) is 16.8 Å². The van der Waals surface area contributed by atoms with Gasteiger partial charge in [-0.15, -0.1) is 0 Å². The predicted molar refractivity (Wildman–Crippen MR) is 137 cm³/mol. The number of fused-ring (bicyclic) bond motifs is 2. The van der Waals surface area contributed by atoms with E-state index in [1.807, 2.05) is 0 Å². The van der Waals surface area contributed by atoms with Crippen molar-refractivity contribution in [2.24, 2.45) is 0 Å². The van der Waals surface area contributed by atoms with E-state index in [-0.39, 0.29) is 39.6 Å². The molecular weight excluding hydrogens is 498 g/mol. The van der Waals surface area contributed by atoms with Crippen LogP contribution >= 0.6 is 11.6 Å². The second-order valence-electron chi connectivity index (χ2n) is 8.17. The number of carbonyl (C=O) groups is 1. The van der Waals surface area contributed by atoms with Crippen molar-refractivity contribution in [2.45, 2.75) is 6.92 Å². The first-order valence-corrected chi connectivity index (χ1v) is 11.4. The van der Waals surface area contributed by atoms with Crippen LogP contribution in [0.15, 0.2) is 80.9 Å². The minimum absolute atomic E-state index is 0.0460. The van der Waals surface area contributed by atoms with Crippen molar-refractivity contribution in [2.75, 3.05) is 5.32 Å². The van der Waals surface area contributed by atoms with Gasteiger partial charge >= 0.3 is 0 Å². The van der Waals surface area contributed by atoms with Crippen LogP contribution in [0.4, 0.5) is 5.82 Å². The molecule has 182 valence electrons. The largest absolute Gasteiger partial charge is 0.451 e. The highest BCUT2D eigenvalue weighted by molar-refractivity contribution is 6.30. The average molecular weight is 514 g/mol. The van der Waals surface area contributed by atoms with Gasteiger partial charge in [0.2, 0.25) is 5.95 Å². The van der Waals surface area contributed by atoms with Crippen molar-refractivity contribution >= 4 is 45.3 Å². The smallest absolute Gasteiger partial charge is 0.292 e. The summed E-state index contributed by atoms with van der Waals surface area (Å²) < 4.78 is 8.40. The van der Waals surface area contributed by atoms with Crippen LogP contribution in [0.2, 0.25) is 5.02 Å². The summed E-state index contributed by atoms with van der Waals surface area (Å²) in [5.41, 5.74) is 0.925. The third-order valence-corrected chi connectivity index (χ3v) is 5.85. The molecule has 37 heavy (non-hydrogen) atoms. The molecule has 0 bridgehead atoms. The molecule has 0 saturated heterocycles. The maximum atomic E-state index is 13.0. The number of hydrogen-bond acceptors (Lipinski definition) is 7. The van der Waals surface area contributed by atoms with Gasteiger partial charge in [0.25, 0.3) is 11.5 Å². The van der Waals surface area contributed by atoms with Crippen molar-refractivity contribution in [3.05, 3.63) is 104 Å². The SMILES string of the molecule is Cc1cc(NC(=O)c2cc(=O)c3ccccc3o2)n(-c2nc3c(cnn3-c3cccc(Cl)c3)c(=O)[nH]2)n1. The second kappa shape index (κ2) is 8.57. The van der Waals surface area contributed by atoms with Gasteiger partial charge < -0.3 is 9.73 Å². The minimum Gasteiger partial charge on any atom is -0.451 e. The van der Waals surface area contributed by atoms with E-state index in [2.05, 4.69) is 25.5 Å². The molecule has 0 atom stereocenters. The number of aromatic amines is 1. The molecule has 11 nitrogen and oxygen atoms in total. The lowest BCUT2D eigenvalue weighted by atomic mass is 10.2. The number of hydrogen-bond donors (Lipinski definition) is 2. The number of aryl methyl sites for hydroxylation is 1. The Morgan fingerprint density at radius 1 is 1.03 bits per heavy atom. The van der Waals surface area contributed by atoms with Crippen molar-refractivity contribution in [1.82, 2.24) is 29.5 Å². The molecule has 0 saturated carbocycles. The first kappa shape index (κ1) is 22.4. The molecule has 0 fully saturated rings. The lowest BCUT2D eigenvalue weighted by Gasteiger charge is -2.09. The Kier molecular flexibility index (Phi) is 5.20. The van der Waals surface area contributed by atoms with Gasteiger partial charge in [-0.05, 0) is 37.3 Å². The number of amides is 1. The molecule has 6 aromatic rings. The zero-order valence-corrected chi connectivity index (χ0v) is 19.9. The van der Waals surface area contributed by atoms with E-state index in [0.717, 1.165) is 6.07 Å². The number of H-pyrrole nitrogens is 1. The van der Waals surface area contributed by atoms with E-state index in [4.69, 9.17) is 16.0 Å². The lowest BCUT2D eigenvalue weighted by molar-refractivity contribution is 0.0996. The maximum absolute atomic E-state index is 13.0. The third kappa shape index (κ3) is 3.96. The van der Waals surface area contributed by atoms with E-state index in [0.29, 0.717) is 21.8 Å². The van der Waals surface area contributed by atoms with Gasteiger partial charge in [-0.3, -0.25) is 19.4 Å². The van der Waals surface area contributed by atoms with Gasteiger partial charge in [0.05, 0.1) is 23.0 Å². The van der Waals surface area contributed by atoms with Crippen LogP contribution in [0, 0.1) is 6.92 Å². The van der Waals surface area contributed by atoms with Gasteiger partial charge in [0.1, 0.15) is 16.8 Å². The molecule has 2 aromatic carbocycles. The summed E-state index contributed by atoms with van der Waals surface area (Å²) in [7, 11) is 0. The topological polar surface area (TPSA) is 141 Å². The molecule has 4 heterocycles. The number of para-hydroxylation sites is 1. The average Bonchev–Trinajstić information content (AvgIpc) is 3.47. The molecule has 6 rings (SSSR count). The Morgan fingerprint density at radius 3 is 2.70 bits per heavy atom. The first-order chi connectivity index (χ1) is 17.9. The fourth-order valence-corrected chi connectivity index (χ4v) is 4.13. The summed E-state index contributed by atoms with van der Waals surface area (Å²) in [5, 5.41) is 12.5. The fraction of sp³-hybridized carbons (Fsp3) is 0.0400. The molecule has 4 aromatic heterocycles. The summed E-state index contributed by atoms with van der Waals surface area (Å²) in [6.45, 7) is 1.72. The van der Waals surface area contributed by atoms with E-state index in [1.165, 1.54) is 15.6 Å². The Labute approximate surface area is 211 Å². The molecule has 1 amide bonds. The van der Waals surface area contributed by atoms with Crippen LogP contribution in [0.3, 0.4) is 0 Å². The normalized spacial score (nSPS) is 11.3. The number of nitrogens with one attached hydrogen (secondary N) is 2. The summed E-state index contributed by atoms with van der Waals surface area (Å²) >= 11 is 6.12. The second-order valence-corrected chi connectivity index (χ2v) is 8.61. The Hall–Kier alpha value is -5.03. The number of anilines is 1. The van der Waals surface area contributed by atoms with Crippen molar-refractivity contribution in [3.8, 4) is 11.6 Å². The van der Waals surface area contributed by atoms with Crippen LogP contribution in [0.5, 0.6) is 0 Å². The minimum atomic E-state index is -0.670. The zero-order valence-electron chi connectivity index (χ0n) is 19.1. The molecule has 2 N–H and O–H groups in total. The molecule has 0 radical (unpaired) electrons. The summed E-state index contributed by atoms with van der Waals surface area (Å²) in [4.78, 5) is 45.5. The molecule has 0 aliphatic rings. The molecule has 0 spiro atoms. The molecule has 0 unspecified atom stereocenters. The molecule has 0 aliphatic carbocycles. The number of rotatable bonds is 4. The van der Waals surface area contributed by atoms with Crippen LogP contribution in [-0.4, -0.2) is 35.4 Å². The van der Waals surface area contributed by atoms with Crippen molar-refractivity contribution in [3.63, 3.8) is 0 Å². The predicted octanol–water partition coefficient (Wildman–Crippen LogP) is 3.62. The van der Waals surface area contributed by atoms with Gasteiger partial charge in [-0.2, -0.15) is 19.9 Å². The van der Waals surface area contributed by atoms with E-state index in [9.17, 15) is 14.4 Å². The number of aromatic nitrogens is 6. The highest BCUT2D eigenvalue weighted by Gasteiger charge is 2.19. The van der Waals surface area contributed by atoms with Crippen molar-refractivity contribution < 1.29 is 9.21 Å². The molecule has 0 aliphatic heterocycles. The number of benzene rings is 2.